The van der Waals surface area contributed by atoms with Crippen molar-refractivity contribution in [1.82, 2.24) is 4.57 Å². The van der Waals surface area contributed by atoms with E-state index in [1.807, 2.05) is 37.3 Å². The number of rotatable bonds is 5. The summed E-state index contributed by atoms with van der Waals surface area (Å²) in [7, 11) is 1.62. The van der Waals surface area contributed by atoms with Crippen molar-refractivity contribution in [3.63, 3.8) is 0 Å². The Kier molecular flexibility index (Phi) is 5.94. The van der Waals surface area contributed by atoms with Crippen molar-refractivity contribution in [2.75, 3.05) is 20.5 Å². The highest BCUT2D eigenvalue weighted by Crippen LogP contribution is 2.38. The first kappa shape index (κ1) is 22.9. The molecule has 35 heavy (non-hydrogen) atoms. The molecule has 180 valence electrons. The number of fused-ring (bicyclic) bond motifs is 2. The lowest BCUT2D eigenvalue weighted by Crippen LogP contribution is -2.39. The van der Waals surface area contributed by atoms with Gasteiger partial charge in [-0.2, -0.15) is 0 Å². The van der Waals surface area contributed by atoms with Crippen LogP contribution in [0.4, 0.5) is 0 Å². The van der Waals surface area contributed by atoms with Gasteiger partial charge in [0.2, 0.25) is 6.79 Å². The van der Waals surface area contributed by atoms with E-state index in [9.17, 15) is 9.59 Å². The van der Waals surface area contributed by atoms with Gasteiger partial charge in [-0.15, -0.1) is 0 Å². The predicted octanol–water partition coefficient (Wildman–Crippen LogP) is 2.84. The molecule has 0 aliphatic carbocycles. The molecule has 0 bridgehead atoms. The molecule has 2 aromatic carbocycles. The average molecular weight is 493 g/mol. The summed E-state index contributed by atoms with van der Waals surface area (Å²) in [6.45, 7) is 5.81. The minimum atomic E-state index is -0.709. The Morgan fingerprint density at radius 1 is 1.20 bits per heavy atom. The normalized spacial score (nSPS) is 16.7. The zero-order valence-electron chi connectivity index (χ0n) is 19.8. The van der Waals surface area contributed by atoms with Crippen LogP contribution >= 0.6 is 11.3 Å². The van der Waals surface area contributed by atoms with Gasteiger partial charge >= 0.3 is 5.97 Å². The van der Waals surface area contributed by atoms with E-state index in [2.05, 4.69) is 4.99 Å². The number of aryl methyl sites for hydroxylation is 1. The second-order valence-electron chi connectivity index (χ2n) is 8.14. The van der Waals surface area contributed by atoms with Gasteiger partial charge < -0.3 is 18.9 Å². The molecule has 0 spiro atoms. The van der Waals surface area contributed by atoms with Crippen LogP contribution in [-0.2, 0) is 9.53 Å². The van der Waals surface area contributed by atoms with Crippen molar-refractivity contribution in [2.24, 2.45) is 4.99 Å². The van der Waals surface area contributed by atoms with Gasteiger partial charge in [0.15, 0.2) is 16.3 Å². The minimum absolute atomic E-state index is 0.127. The van der Waals surface area contributed by atoms with Crippen LogP contribution in [0.5, 0.6) is 17.2 Å². The van der Waals surface area contributed by atoms with Crippen molar-refractivity contribution in [3.05, 3.63) is 84.0 Å². The zero-order chi connectivity index (χ0) is 24.7. The lowest BCUT2D eigenvalue weighted by Gasteiger charge is -2.24. The molecule has 8 nitrogen and oxygen atoms in total. The van der Waals surface area contributed by atoms with E-state index >= 15 is 0 Å². The van der Waals surface area contributed by atoms with Crippen LogP contribution in [0.1, 0.15) is 36.6 Å². The minimum Gasteiger partial charge on any atom is -0.497 e. The summed E-state index contributed by atoms with van der Waals surface area (Å²) in [5, 5.41) is 0. The molecular formula is C26H24N2O6S. The van der Waals surface area contributed by atoms with Crippen LogP contribution in [0.15, 0.2) is 57.5 Å². The van der Waals surface area contributed by atoms with Crippen LogP contribution in [0.2, 0.25) is 0 Å². The Bertz CT molecular complexity index is 1550. The number of hydrogen-bond acceptors (Lipinski definition) is 8. The average Bonchev–Trinajstić information content (AvgIpc) is 3.43. The number of hydrogen-bond donors (Lipinski definition) is 0. The van der Waals surface area contributed by atoms with Gasteiger partial charge in [-0.1, -0.05) is 23.5 Å². The van der Waals surface area contributed by atoms with Gasteiger partial charge in [0.25, 0.3) is 5.56 Å². The van der Waals surface area contributed by atoms with E-state index in [4.69, 9.17) is 18.9 Å². The first-order valence-corrected chi connectivity index (χ1v) is 12.0. The lowest BCUT2D eigenvalue weighted by atomic mass is 9.95. The first-order chi connectivity index (χ1) is 16.9. The van der Waals surface area contributed by atoms with E-state index in [0.717, 1.165) is 16.9 Å². The lowest BCUT2D eigenvalue weighted by molar-refractivity contribution is -0.139. The maximum atomic E-state index is 13.7. The van der Waals surface area contributed by atoms with Crippen LogP contribution in [0.3, 0.4) is 0 Å². The number of allylic oxidation sites excluding steroid dienone is 1. The van der Waals surface area contributed by atoms with Gasteiger partial charge in [-0.05, 0) is 67.8 Å². The number of carbonyl (C=O) groups excluding carboxylic acids is 1. The fourth-order valence-corrected chi connectivity index (χ4v) is 5.31. The molecule has 3 aromatic rings. The largest absolute Gasteiger partial charge is 0.497 e. The Labute approximate surface area is 205 Å². The Hall–Kier alpha value is -3.85. The Morgan fingerprint density at radius 2 is 2.00 bits per heavy atom. The van der Waals surface area contributed by atoms with Crippen molar-refractivity contribution in [3.8, 4) is 17.2 Å². The molecule has 0 N–H and O–H groups in total. The third-order valence-electron chi connectivity index (χ3n) is 5.99. The summed E-state index contributed by atoms with van der Waals surface area (Å²) in [6, 6.07) is 10.4. The quantitative estimate of drug-likeness (QED) is 0.509. The van der Waals surface area contributed by atoms with E-state index in [1.165, 1.54) is 11.3 Å². The number of esters is 1. The number of ether oxygens (including phenoxy) is 4. The molecule has 3 heterocycles. The molecule has 9 heteroatoms. The summed E-state index contributed by atoms with van der Waals surface area (Å²) in [4.78, 5) is 31.9. The number of nitrogens with zero attached hydrogens (tertiary/aromatic N) is 2. The molecule has 2 aliphatic heterocycles. The zero-order valence-corrected chi connectivity index (χ0v) is 20.6. The van der Waals surface area contributed by atoms with Gasteiger partial charge in [0.05, 0.1) is 35.6 Å². The predicted molar refractivity (Wildman–Crippen MR) is 131 cm³/mol. The summed E-state index contributed by atoms with van der Waals surface area (Å²) in [5.74, 6) is 1.43. The molecule has 0 unspecified atom stereocenters. The highest BCUT2D eigenvalue weighted by atomic mass is 32.1. The smallest absolute Gasteiger partial charge is 0.338 e. The van der Waals surface area contributed by atoms with Gasteiger partial charge in [-0.25, -0.2) is 9.79 Å². The highest BCUT2D eigenvalue weighted by molar-refractivity contribution is 7.07. The van der Waals surface area contributed by atoms with E-state index < -0.39 is 12.0 Å². The fraction of sp³-hybridized carbons (Fsp3) is 0.269. The maximum absolute atomic E-state index is 13.7. The highest BCUT2D eigenvalue weighted by Gasteiger charge is 2.34. The summed E-state index contributed by atoms with van der Waals surface area (Å²) < 4.78 is 23.7. The molecule has 0 saturated carbocycles. The standard InChI is InChI=1S/C26H24N2O6S/c1-5-32-25(30)22-15(3)27-26-28(23(22)17-7-9-19-20(11-17)34-13-33-19)24(29)21(35-26)12-16-6-8-18(31-4)10-14(16)2/h6-12,23H,5,13H2,1-4H3/t23-/m0/s1. The fourth-order valence-electron chi connectivity index (χ4n) is 4.27. The van der Waals surface area contributed by atoms with Crippen molar-refractivity contribution < 1.29 is 23.7 Å². The van der Waals surface area contributed by atoms with Crippen molar-refractivity contribution in [2.45, 2.75) is 26.8 Å². The molecule has 1 atom stereocenters. The van der Waals surface area contributed by atoms with Gasteiger partial charge in [-0.3, -0.25) is 9.36 Å². The molecule has 0 saturated heterocycles. The first-order valence-electron chi connectivity index (χ1n) is 11.1. The number of thiazole rings is 1. The summed E-state index contributed by atoms with van der Waals surface area (Å²) >= 11 is 1.28. The monoisotopic (exact) mass is 492 g/mol. The third kappa shape index (κ3) is 4.01. The number of carbonyl (C=O) groups is 1. The Balaban J connectivity index is 1.71. The molecule has 0 amide bonds. The SMILES string of the molecule is CCOC(=O)C1=C(C)N=c2sc(=Cc3ccc(OC)cc3C)c(=O)n2[C@H]1c1ccc2c(c1)OCO2. The molecule has 5 rings (SSSR count). The summed E-state index contributed by atoms with van der Waals surface area (Å²) in [5.41, 5.74) is 3.19. The second-order valence-corrected chi connectivity index (χ2v) is 9.15. The van der Waals surface area contributed by atoms with E-state index in [-0.39, 0.29) is 19.0 Å². The molecule has 2 aliphatic rings. The van der Waals surface area contributed by atoms with Crippen LogP contribution in [-0.4, -0.2) is 31.0 Å². The van der Waals surface area contributed by atoms with Crippen LogP contribution < -0.4 is 29.1 Å². The van der Waals surface area contributed by atoms with E-state index in [1.54, 1.807) is 37.7 Å². The topological polar surface area (TPSA) is 88.4 Å². The van der Waals surface area contributed by atoms with Gasteiger partial charge in [0, 0.05) is 0 Å². The second kappa shape index (κ2) is 9.07. The van der Waals surface area contributed by atoms with Gasteiger partial charge in [0.1, 0.15) is 5.75 Å². The van der Waals surface area contributed by atoms with E-state index in [0.29, 0.717) is 37.7 Å². The molecular weight excluding hydrogens is 468 g/mol. The molecule has 1 aromatic heterocycles. The maximum Gasteiger partial charge on any atom is 0.338 e. The van der Waals surface area contributed by atoms with Crippen molar-refractivity contribution >= 4 is 23.4 Å². The number of benzene rings is 2. The van der Waals surface area contributed by atoms with Crippen LogP contribution in [0, 0.1) is 6.92 Å². The number of methoxy groups -OCH3 is 1. The van der Waals surface area contributed by atoms with Crippen molar-refractivity contribution in [1.29, 1.82) is 0 Å². The Morgan fingerprint density at radius 3 is 2.74 bits per heavy atom. The summed E-state index contributed by atoms with van der Waals surface area (Å²) in [6.07, 6.45) is 1.85. The molecule has 0 radical (unpaired) electrons. The third-order valence-corrected chi connectivity index (χ3v) is 6.98. The number of aromatic nitrogens is 1. The molecule has 0 fully saturated rings. The van der Waals surface area contributed by atoms with Crippen LogP contribution in [0.25, 0.3) is 6.08 Å².